The molecule has 32 heavy (non-hydrogen) atoms. The molecule has 1 N–H and O–H groups in total. The molecule has 4 rings (SSSR count). The zero-order valence-electron chi connectivity index (χ0n) is 17.9. The number of methoxy groups -OCH3 is 2. The minimum atomic E-state index is -0.288. The first-order valence-electron chi connectivity index (χ1n) is 9.84. The molecule has 0 saturated carbocycles. The number of nitrogens with zero attached hydrogens (tertiary/aromatic N) is 3. The van der Waals surface area contributed by atoms with Crippen LogP contribution in [0.2, 0.25) is 0 Å². The lowest BCUT2D eigenvalue weighted by atomic mass is 10.1. The van der Waals surface area contributed by atoms with Crippen molar-refractivity contribution in [2.24, 2.45) is 0 Å². The van der Waals surface area contributed by atoms with Gasteiger partial charge in [-0.2, -0.15) is 0 Å². The number of hydrogen-bond donors (Lipinski definition) is 1. The number of oxazole rings is 1. The Balaban J connectivity index is 1.69. The van der Waals surface area contributed by atoms with E-state index in [9.17, 15) is 4.79 Å². The molecule has 8 heteroatoms. The fraction of sp³-hybridized carbons (Fsp3) is 0.125. The summed E-state index contributed by atoms with van der Waals surface area (Å²) < 4.78 is 16.1. The number of nitrogens with one attached hydrogen (secondary N) is 1. The molecule has 2 aromatic carbocycles. The van der Waals surface area contributed by atoms with E-state index in [4.69, 9.17) is 13.9 Å². The second-order valence-electron chi connectivity index (χ2n) is 6.91. The second kappa shape index (κ2) is 9.22. The first kappa shape index (κ1) is 20.9. The van der Waals surface area contributed by atoms with Crippen molar-refractivity contribution in [2.75, 3.05) is 24.4 Å². The molecule has 0 radical (unpaired) electrons. The summed E-state index contributed by atoms with van der Waals surface area (Å²) >= 11 is 0. The quantitative estimate of drug-likeness (QED) is 0.435. The molecule has 0 aliphatic heterocycles. The van der Waals surface area contributed by atoms with E-state index in [-0.39, 0.29) is 5.91 Å². The van der Waals surface area contributed by atoms with Crippen molar-refractivity contribution >= 4 is 29.0 Å². The molecule has 0 saturated heterocycles. The predicted molar refractivity (Wildman–Crippen MR) is 121 cm³/mol. The van der Waals surface area contributed by atoms with Crippen molar-refractivity contribution in [3.63, 3.8) is 0 Å². The zero-order valence-corrected chi connectivity index (χ0v) is 17.9. The molecule has 0 bridgehead atoms. The van der Waals surface area contributed by atoms with Crippen LogP contribution in [0.15, 0.2) is 77.8 Å². The molecule has 0 aliphatic rings. The molecule has 2 heterocycles. The number of amides is 1. The van der Waals surface area contributed by atoms with E-state index in [0.29, 0.717) is 28.8 Å². The predicted octanol–water partition coefficient (Wildman–Crippen LogP) is 5.12. The summed E-state index contributed by atoms with van der Waals surface area (Å²) in [4.78, 5) is 23.2. The van der Waals surface area contributed by atoms with Gasteiger partial charge in [-0.05, 0) is 48.9 Å². The summed E-state index contributed by atoms with van der Waals surface area (Å²) in [5, 5.41) is 2.94. The molecule has 0 unspecified atom stereocenters. The average molecular weight is 430 g/mol. The van der Waals surface area contributed by atoms with E-state index in [1.807, 2.05) is 42.2 Å². The highest BCUT2D eigenvalue weighted by molar-refractivity contribution is 6.05. The number of rotatable bonds is 7. The van der Waals surface area contributed by atoms with Crippen LogP contribution in [-0.2, 0) is 0 Å². The number of carbonyl (C=O) groups is 1. The summed E-state index contributed by atoms with van der Waals surface area (Å²) in [6.07, 6.45) is 6.49. The zero-order chi connectivity index (χ0) is 22.5. The fourth-order valence-electron chi connectivity index (χ4n) is 3.24. The Hall–Kier alpha value is -4.33. The summed E-state index contributed by atoms with van der Waals surface area (Å²) in [5.74, 6) is 0.780. The third-order valence-corrected chi connectivity index (χ3v) is 4.85. The highest BCUT2D eigenvalue weighted by atomic mass is 16.5. The lowest BCUT2D eigenvalue weighted by Crippen LogP contribution is -2.15. The molecule has 0 spiro atoms. The van der Waals surface area contributed by atoms with Crippen LogP contribution in [0.25, 0.3) is 0 Å². The van der Waals surface area contributed by atoms with Crippen molar-refractivity contribution in [2.45, 2.75) is 6.92 Å². The topological polar surface area (TPSA) is 89.7 Å². The van der Waals surface area contributed by atoms with Crippen LogP contribution in [0.4, 0.5) is 23.1 Å². The van der Waals surface area contributed by atoms with Gasteiger partial charge in [0.05, 0.1) is 31.8 Å². The number of benzene rings is 2. The number of ether oxygens (including phenoxy) is 2. The first-order chi connectivity index (χ1) is 15.6. The van der Waals surface area contributed by atoms with Gasteiger partial charge in [-0.1, -0.05) is 6.07 Å². The Morgan fingerprint density at radius 2 is 1.69 bits per heavy atom. The van der Waals surface area contributed by atoms with Crippen molar-refractivity contribution in [3.8, 4) is 11.5 Å². The van der Waals surface area contributed by atoms with E-state index in [2.05, 4.69) is 15.3 Å². The standard InChI is InChI=1S/C24H22N4O4/c1-16-4-5-18(27-23(29)17-12-20(30-2)15-21(13-17)31-3)14-22(16)28(24-26-10-11-32-24)19-6-8-25-9-7-19/h4-15H,1-3H3,(H,27,29). The lowest BCUT2D eigenvalue weighted by molar-refractivity contribution is 0.102. The number of aromatic nitrogens is 2. The van der Waals surface area contributed by atoms with Gasteiger partial charge < -0.3 is 19.2 Å². The van der Waals surface area contributed by atoms with Gasteiger partial charge >= 0.3 is 6.01 Å². The molecular weight excluding hydrogens is 408 g/mol. The Bertz CT molecular complexity index is 1190. The molecule has 0 atom stereocenters. The van der Waals surface area contributed by atoms with Crippen LogP contribution >= 0.6 is 0 Å². The Labute approximate surface area is 185 Å². The minimum Gasteiger partial charge on any atom is -0.497 e. The number of hydrogen-bond acceptors (Lipinski definition) is 7. The monoisotopic (exact) mass is 430 g/mol. The van der Waals surface area contributed by atoms with Gasteiger partial charge in [-0.25, -0.2) is 4.98 Å². The lowest BCUT2D eigenvalue weighted by Gasteiger charge is -2.23. The molecule has 2 aromatic heterocycles. The molecule has 0 fully saturated rings. The summed E-state index contributed by atoms with van der Waals surface area (Å²) in [7, 11) is 3.08. The Morgan fingerprint density at radius 1 is 0.969 bits per heavy atom. The normalized spacial score (nSPS) is 10.5. The SMILES string of the molecule is COc1cc(OC)cc(C(=O)Nc2ccc(C)c(N(c3ccncc3)c3ncco3)c2)c1. The second-order valence-corrected chi connectivity index (χ2v) is 6.91. The maximum absolute atomic E-state index is 12.9. The van der Waals surface area contributed by atoms with E-state index >= 15 is 0 Å². The van der Waals surface area contributed by atoms with Crippen molar-refractivity contribution in [1.29, 1.82) is 0 Å². The van der Waals surface area contributed by atoms with Gasteiger partial charge in [0.2, 0.25) is 0 Å². The fourth-order valence-corrected chi connectivity index (χ4v) is 3.24. The largest absolute Gasteiger partial charge is 0.497 e. The molecule has 1 amide bonds. The maximum Gasteiger partial charge on any atom is 0.306 e. The van der Waals surface area contributed by atoms with Gasteiger partial charge in [-0.3, -0.25) is 14.7 Å². The van der Waals surface area contributed by atoms with Crippen molar-refractivity contribution in [1.82, 2.24) is 9.97 Å². The average Bonchev–Trinajstić information content (AvgIpc) is 3.36. The molecule has 162 valence electrons. The summed E-state index contributed by atoms with van der Waals surface area (Å²) in [6, 6.07) is 14.8. The number of aryl methyl sites for hydroxylation is 1. The number of carbonyl (C=O) groups excluding carboxylic acids is 1. The number of pyridine rings is 1. The first-order valence-corrected chi connectivity index (χ1v) is 9.84. The van der Waals surface area contributed by atoms with Gasteiger partial charge in [0.15, 0.2) is 0 Å². The van der Waals surface area contributed by atoms with Gasteiger partial charge in [-0.15, -0.1) is 0 Å². The van der Waals surface area contributed by atoms with E-state index in [1.165, 1.54) is 6.26 Å². The van der Waals surface area contributed by atoms with Crippen LogP contribution in [0.3, 0.4) is 0 Å². The van der Waals surface area contributed by atoms with Crippen LogP contribution in [0.1, 0.15) is 15.9 Å². The third kappa shape index (κ3) is 4.39. The van der Waals surface area contributed by atoms with Crippen molar-refractivity contribution < 1.29 is 18.7 Å². The van der Waals surface area contributed by atoms with Crippen LogP contribution in [-0.4, -0.2) is 30.1 Å². The molecular formula is C24H22N4O4. The van der Waals surface area contributed by atoms with Gasteiger partial charge in [0, 0.05) is 29.7 Å². The summed E-state index contributed by atoms with van der Waals surface area (Å²) in [5.41, 5.74) is 3.64. The summed E-state index contributed by atoms with van der Waals surface area (Å²) in [6.45, 7) is 1.98. The van der Waals surface area contributed by atoms with Gasteiger partial charge in [0.1, 0.15) is 17.8 Å². The third-order valence-electron chi connectivity index (χ3n) is 4.85. The highest BCUT2D eigenvalue weighted by Crippen LogP contribution is 2.36. The van der Waals surface area contributed by atoms with E-state index < -0.39 is 0 Å². The molecule has 8 nitrogen and oxygen atoms in total. The molecule has 0 aliphatic carbocycles. The Kier molecular flexibility index (Phi) is 6.03. The highest BCUT2D eigenvalue weighted by Gasteiger charge is 2.19. The van der Waals surface area contributed by atoms with E-state index in [0.717, 1.165) is 16.9 Å². The van der Waals surface area contributed by atoms with Crippen LogP contribution in [0, 0.1) is 6.92 Å². The van der Waals surface area contributed by atoms with Crippen LogP contribution in [0.5, 0.6) is 11.5 Å². The van der Waals surface area contributed by atoms with E-state index in [1.54, 1.807) is 51.0 Å². The maximum atomic E-state index is 12.9. The van der Waals surface area contributed by atoms with Crippen molar-refractivity contribution in [3.05, 3.63) is 84.5 Å². The number of anilines is 4. The Morgan fingerprint density at radius 3 is 2.31 bits per heavy atom. The van der Waals surface area contributed by atoms with Crippen LogP contribution < -0.4 is 19.7 Å². The molecule has 4 aromatic rings. The minimum absolute atomic E-state index is 0.288. The van der Waals surface area contributed by atoms with Gasteiger partial charge in [0.25, 0.3) is 5.91 Å². The smallest absolute Gasteiger partial charge is 0.306 e.